The van der Waals surface area contributed by atoms with Gasteiger partial charge in [-0.25, -0.2) is 14.8 Å². The normalized spacial score (nSPS) is 19.0. The number of unbranched alkanes of at least 4 members (excludes halogenated alkanes) is 1. The Morgan fingerprint density at radius 2 is 1.62 bits per heavy atom. The average Bonchev–Trinajstić information content (AvgIpc) is 2.98. The maximum Gasteiger partial charge on any atom is 0.325 e. The van der Waals surface area contributed by atoms with Crippen molar-refractivity contribution < 1.29 is 9.59 Å². The van der Waals surface area contributed by atoms with Crippen LogP contribution in [0.5, 0.6) is 0 Å². The lowest BCUT2D eigenvalue weighted by atomic mass is 9.85. The Morgan fingerprint density at radius 1 is 0.966 bits per heavy atom. The molecule has 6 nitrogen and oxygen atoms in total. The van der Waals surface area contributed by atoms with Gasteiger partial charge in [0, 0.05) is 0 Å². The lowest BCUT2D eigenvalue weighted by Gasteiger charge is -2.27. The molecule has 3 amide bonds. The van der Waals surface area contributed by atoms with E-state index < -0.39 is 5.54 Å². The molecule has 0 bridgehead atoms. The number of nitrogens with zero attached hydrogens (tertiary/aromatic N) is 3. The second-order valence-corrected chi connectivity index (χ2v) is 7.44. The third kappa shape index (κ3) is 3.35. The lowest BCUT2D eigenvalue weighted by Crippen LogP contribution is -2.44. The zero-order valence-corrected chi connectivity index (χ0v) is 16.7. The van der Waals surface area contributed by atoms with Crippen molar-refractivity contribution in [2.75, 3.05) is 0 Å². The Balaban J connectivity index is 1.69. The Kier molecular flexibility index (Phi) is 5.01. The van der Waals surface area contributed by atoms with Crippen molar-refractivity contribution in [3.8, 4) is 0 Å². The number of rotatable bonds is 6. The van der Waals surface area contributed by atoms with Crippen LogP contribution in [0.3, 0.4) is 0 Å². The molecule has 1 fully saturated rings. The highest BCUT2D eigenvalue weighted by molar-refractivity contribution is 6.07. The number of carbonyl (C=O) groups is 2. The maximum atomic E-state index is 13.5. The molecule has 0 spiro atoms. The van der Waals surface area contributed by atoms with Gasteiger partial charge in [0.05, 0.1) is 29.0 Å². The van der Waals surface area contributed by atoms with Crippen molar-refractivity contribution in [2.24, 2.45) is 0 Å². The molecule has 1 atom stereocenters. The number of nitrogens with one attached hydrogen (secondary N) is 1. The number of urea groups is 1. The van der Waals surface area contributed by atoms with Crippen LogP contribution in [0.15, 0.2) is 54.6 Å². The van der Waals surface area contributed by atoms with Gasteiger partial charge < -0.3 is 5.32 Å². The summed E-state index contributed by atoms with van der Waals surface area (Å²) in [5.41, 5.74) is 2.69. The minimum absolute atomic E-state index is 0.106. The van der Waals surface area contributed by atoms with Crippen LogP contribution in [0.1, 0.15) is 43.1 Å². The summed E-state index contributed by atoms with van der Waals surface area (Å²) in [6.07, 6.45) is 2.34. The number of carbonyl (C=O) groups excluding carboxylic acids is 2. The summed E-state index contributed by atoms with van der Waals surface area (Å²) >= 11 is 0. The summed E-state index contributed by atoms with van der Waals surface area (Å²) in [5, 5.41) is 2.98. The van der Waals surface area contributed by atoms with E-state index in [0.717, 1.165) is 35.1 Å². The summed E-state index contributed by atoms with van der Waals surface area (Å²) in [4.78, 5) is 36.9. The Hall–Kier alpha value is -3.28. The van der Waals surface area contributed by atoms with Gasteiger partial charge in [-0.1, -0.05) is 62.2 Å². The summed E-state index contributed by atoms with van der Waals surface area (Å²) < 4.78 is 0. The molecule has 1 aliphatic heterocycles. The molecule has 1 aliphatic rings. The smallest absolute Gasteiger partial charge is 0.319 e. The SMILES string of the molecule is CCCCC1(c2ccccc2)NC(=O)N(Cc2nc3ccccc3nc2C)C1=O. The molecular weight excluding hydrogens is 364 g/mol. The molecule has 1 saturated heterocycles. The number of hydrogen-bond donors (Lipinski definition) is 1. The van der Waals surface area contributed by atoms with E-state index in [9.17, 15) is 9.59 Å². The second-order valence-electron chi connectivity index (χ2n) is 7.44. The van der Waals surface area contributed by atoms with Crippen molar-refractivity contribution in [3.63, 3.8) is 0 Å². The number of benzene rings is 2. The zero-order valence-electron chi connectivity index (χ0n) is 16.7. The van der Waals surface area contributed by atoms with E-state index in [1.54, 1.807) is 0 Å². The van der Waals surface area contributed by atoms with Gasteiger partial charge in [0.15, 0.2) is 0 Å². The van der Waals surface area contributed by atoms with Crippen LogP contribution in [0.2, 0.25) is 0 Å². The third-order valence-electron chi connectivity index (χ3n) is 5.50. The van der Waals surface area contributed by atoms with Crippen molar-refractivity contribution in [2.45, 2.75) is 45.2 Å². The largest absolute Gasteiger partial charge is 0.325 e. The standard InChI is InChI=1S/C23H24N4O2/c1-3-4-14-23(17-10-6-5-7-11-17)21(28)27(22(29)26-23)15-20-16(2)24-18-12-8-9-13-19(18)25-20/h5-13H,3-4,14-15H2,1-2H3,(H,26,29). The zero-order chi connectivity index (χ0) is 20.4. The molecule has 1 N–H and O–H groups in total. The second kappa shape index (κ2) is 7.62. The molecule has 0 radical (unpaired) electrons. The van der Waals surface area contributed by atoms with Gasteiger partial charge in [-0.2, -0.15) is 0 Å². The maximum absolute atomic E-state index is 13.5. The van der Waals surface area contributed by atoms with E-state index in [2.05, 4.69) is 22.2 Å². The first kappa shape index (κ1) is 19.1. The quantitative estimate of drug-likeness (QED) is 0.646. The minimum Gasteiger partial charge on any atom is -0.319 e. The Morgan fingerprint density at radius 3 is 2.31 bits per heavy atom. The fraction of sp³-hybridized carbons (Fsp3) is 0.304. The average molecular weight is 388 g/mol. The van der Waals surface area contributed by atoms with Crippen LogP contribution in [-0.4, -0.2) is 26.8 Å². The van der Waals surface area contributed by atoms with E-state index >= 15 is 0 Å². The molecule has 2 heterocycles. The van der Waals surface area contributed by atoms with Crippen molar-refractivity contribution in [1.82, 2.24) is 20.2 Å². The first-order valence-electron chi connectivity index (χ1n) is 9.97. The van der Waals surface area contributed by atoms with Crippen LogP contribution in [0, 0.1) is 6.92 Å². The number of aryl methyl sites for hydroxylation is 1. The Labute approximate surface area is 170 Å². The first-order chi connectivity index (χ1) is 14.0. The van der Waals surface area contributed by atoms with Crippen LogP contribution >= 0.6 is 0 Å². The van der Waals surface area contributed by atoms with Crippen LogP contribution in [0.25, 0.3) is 11.0 Å². The molecule has 3 aromatic rings. The molecule has 4 rings (SSSR count). The summed E-state index contributed by atoms with van der Waals surface area (Å²) in [5.74, 6) is -0.225. The molecule has 6 heteroatoms. The molecule has 1 aromatic heterocycles. The predicted octanol–water partition coefficient (Wildman–Crippen LogP) is 4.08. The molecule has 148 valence electrons. The van der Waals surface area contributed by atoms with Gasteiger partial charge in [0.2, 0.25) is 0 Å². The highest BCUT2D eigenvalue weighted by atomic mass is 16.2. The lowest BCUT2D eigenvalue weighted by molar-refractivity contribution is -0.132. The Bertz CT molecular complexity index is 1070. The molecule has 1 unspecified atom stereocenters. The fourth-order valence-electron chi connectivity index (χ4n) is 3.87. The highest BCUT2D eigenvalue weighted by Gasteiger charge is 2.51. The van der Waals surface area contributed by atoms with E-state index in [1.165, 1.54) is 4.90 Å². The first-order valence-corrected chi connectivity index (χ1v) is 9.97. The van der Waals surface area contributed by atoms with Gasteiger partial charge >= 0.3 is 6.03 Å². The fourth-order valence-corrected chi connectivity index (χ4v) is 3.87. The van der Waals surface area contributed by atoms with Crippen LogP contribution in [-0.2, 0) is 16.9 Å². The van der Waals surface area contributed by atoms with Crippen molar-refractivity contribution >= 4 is 23.0 Å². The number of hydrogen-bond acceptors (Lipinski definition) is 4. The molecule has 29 heavy (non-hydrogen) atoms. The van der Waals surface area contributed by atoms with E-state index in [-0.39, 0.29) is 18.5 Å². The molecule has 2 aromatic carbocycles. The van der Waals surface area contributed by atoms with Crippen molar-refractivity contribution in [3.05, 3.63) is 71.5 Å². The van der Waals surface area contributed by atoms with E-state index in [1.807, 2.05) is 61.5 Å². The van der Waals surface area contributed by atoms with Crippen molar-refractivity contribution in [1.29, 1.82) is 0 Å². The molecule has 0 aliphatic carbocycles. The summed E-state index contributed by atoms with van der Waals surface area (Å²) in [6.45, 7) is 4.04. The number of imide groups is 1. The summed E-state index contributed by atoms with van der Waals surface area (Å²) in [7, 11) is 0. The highest BCUT2D eigenvalue weighted by Crippen LogP contribution is 2.35. The molecule has 0 saturated carbocycles. The minimum atomic E-state index is -1.02. The topological polar surface area (TPSA) is 75.2 Å². The van der Waals surface area contributed by atoms with E-state index in [4.69, 9.17) is 0 Å². The third-order valence-corrected chi connectivity index (χ3v) is 5.50. The van der Waals surface area contributed by atoms with E-state index in [0.29, 0.717) is 12.1 Å². The van der Waals surface area contributed by atoms with Gasteiger partial charge in [0.25, 0.3) is 5.91 Å². The van der Waals surface area contributed by atoms with Gasteiger partial charge in [-0.05, 0) is 31.0 Å². The summed E-state index contributed by atoms with van der Waals surface area (Å²) in [6, 6.07) is 16.7. The number of aromatic nitrogens is 2. The number of fused-ring (bicyclic) bond motifs is 1. The number of para-hydroxylation sites is 2. The molecular formula is C23H24N4O2. The number of amides is 3. The monoisotopic (exact) mass is 388 g/mol. The van der Waals surface area contributed by atoms with Gasteiger partial charge in [-0.3, -0.25) is 9.69 Å². The van der Waals surface area contributed by atoms with Crippen LogP contribution in [0.4, 0.5) is 4.79 Å². The van der Waals surface area contributed by atoms with Crippen LogP contribution < -0.4 is 5.32 Å². The predicted molar refractivity (Wildman–Crippen MR) is 111 cm³/mol. The van der Waals surface area contributed by atoms with Gasteiger partial charge in [-0.15, -0.1) is 0 Å². The van der Waals surface area contributed by atoms with Gasteiger partial charge in [0.1, 0.15) is 5.54 Å².